The lowest BCUT2D eigenvalue weighted by molar-refractivity contribution is 0.339. The van der Waals surface area contributed by atoms with Gasteiger partial charge in [-0.05, 0) is 6.07 Å². The highest BCUT2D eigenvalue weighted by molar-refractivity contribution is 5.45. The number of nitrogens with one attached hydrogen (secondary N) is 1. The molecule has 0 fully saturated rings. The van der Waals surface area contributed by atoms with Crippen LogP contribution >= 0.6 is 0 Å². The summed E-state index contributed by atoms with van der Waals surface area (Å²) in [6.45, 7) is 0.570. The molecule has 5 heteroatoms. The monoisotopic (exact) mass is 238 g/mol. The summed E-state index contributed by atoms with van der Waals surface area (Å²) in [5, 5.41) is 11.9. The molecule has 0 saturated carbocycles. The highest BCUT2D eigenvalue weighted by Gasteiger charge is 2.23. The van der Waals surface area contributed by atoms with Crippen LogP contribution in [0.1, 0.15) is 17.3 Å². The Hall–Kier alpha value is -2.61. The molecule has 0 saturated heterocycles. The Kier molecular flexibility index (Phi) is 2.54. The fourth-order valence-electron chi connectivity index (χ4n) is 1.92. The topological polar surface area (TPSA) is 70.8 Å². The van der Waals surface area contributed by atoms with Crippen LogP contribution in [-0.2, 0) is 0 Å². The van der Waals surface area contributed by atoms with E-state index in [1.807, 2.05) is 30.3 Å². The van der Waals surface area contributed by atoms with Crippen molar-refractivity contribution in [2.24, 2.45) is 0 Å². The number of rotatable bonds is 2. The summed E-state index contributed by atoms with van der Waals surface area (Å²) in [5.74, 6) is 1.54. The number of hydrogen-bond donors (Lipinski definition) is 1. The van der Waals surface area contributed by atoms with Crippen molar-refractivity contribution in [2.75, 3.05) is 11.9 Å². The van der Waals surface area contributed by atoms with Crippen LogP contribution in [0.5, 0.6) is 5.75 Å². The first-order valence-electron chi connectivity index (χ1n) is 5.57. The molecular weight excluding hydrogens is 228 g/mol. The smallest absolute Gasteiger partial charge is 0.158 e. The first-order chi connectivity index (χ1) is 8.86. The molecular formula is C13H10N4O. The number of para-hydroxylation sites is 1. The van der Waals surface area contributed by atoms with Crippen LogP contribution in [0, 0.1) is 11.3 Å². The minimum absolute atomic E-state index is 0.0726. The molecule has 5 nitrogen and oxygen atoms in total. The second kappa shape index (κ2) is 4.34. The van der Waals surface area contributed by atoms with Gasteiger partial charge in [0.05, 0.1) is 18.4 Å². The molecule has 1 N–H and O–H groups in total. The van der Waals surface area contributed by atoms with Crippen molar-refractivity contribution in [2.45, 2.75) is 6.04 Å². The number of anilines is 1. The minimum Gasteiger partial charge on any atom is -0.491 e. The van der Waals surface area contributed by atoms with Gasteiger partial charge in [0.15, 0.2) is 5.69 Å². The van der Waals surface area contributed by atoms with Crippen molar-refractivity contribution in [3.8, 4) is 11.8 Å². The van der Waals surface area contributed by atoms with Gasteiger partial charge in [0.1, 0.15) is 24.2 Å². The molecule has 0 aliphatic carbocycles. The van der Waals surface area contributed by atoms with Gasteiger partial charge in [0.2, 0.25) is 0 Å². The highest BCUT2D eigenvalue weighted by Crippen LogP contribution is 2.33. The molecule has 88 valence electrons. The van der Waals surface area contributed by atoms with Gasteiger partial charge in [0, 0.05) is 5.56 Å². The van der Waals surface area contributed by atoms with Gasteiger partial charge in [0.25, 0.3) is 0 Å². The van der Waals surface area contributed by atoms with Crippen LogP contribution < -0.4 is 10.1 Å². The summed E-state index contributed by atoms with van der Waals surface area (Å²) >= 11 is 0. The molecule has 0 spiro atoms. The van der Waals surface area contributed by atoms with E-state index >= 15 is 0 Å². The van der Waals surface area contributed by atoms with Gasteiger partial charge >= 0.3 is 0 Å². The molecule has 1 aliphatic rings. The van der Waals surface area contributed by atoms with Crippen LogP contribution in [0.15, 0.2) is 36.7 Å². The first-order valence-corrected chi connectivity index (χ1v) is 5.57. The SMILES string of the molecule is N#Cc1cnc(NC2COc3ccccc32)cn1. The Balaban J connectivity index is 1.80. The van der Waals surface area contributed by atoms with Crippen molar-refractivity contribution in [3.63, 3.8) is 0 Å². The third-order valence-electron chi connectivity index (χ3n) is 2.79. The summed E-state index contributed by atoms with van der Waals surface area (Å²) in [6.07, 6.45) is 3.00. The molecule has 2 heterocycles. The van der Waals surface area contributed by atoms with E-state index in [0.29, 0.717) is 18.1 Å². The molecule has 0 radical (unpaired) electrons. The van der Waals surface area contributed by atoms with Crippen LogP contribution in [-0.4, -0.2) is 16.6 Å². The van der Waals surface area contributed by atoms with E-state index in [9.17, 15) is 0 Å². The van der Waals surface area contributed by atoms with Crippen LogP contribution in [0.2, 0.25) is 0 Å². The molecule has 1 aromatic heterocycles. The zero-order valence-corrected chi connectivity index (χ0v) is 9.50. The van der Waals surface area contributed by atoms with E-state index in [-0.39, 0.29) is 6.04 Å². The summed E-state index contributed by atoms with van der Waals surface area (Å²) in [4.78, 5) is 8.10. The van der Waals surface area contributed by atoms with Gasteiger partial charge in [-0.2, -0.15) is 5.26 Å². The first kappa shape index (κ1) is 10.5. The van der Waals surface area contributed by atoms with E-state index in [1.54, 1.807) is 6.20 Å². The zero-order valence-electron chi connectivity index (χ0n) is 9.50. The van der Waals surface area contributed by atoms with Crippen molar-refractivity contribution in [1.29, 1.82) is 5.26 Å². The molecule has 18 heavy (non-hydrogen) atoms. The summed E-state index contributed by atoms with van der Waals surface area (Å²) in [5.41, 5.74) is 1.42. The van der Waals surface area contributed by atoms with E-state index in [0.717, 1.165) is 11.3 Å². The van der Waals surface area contributed by atoms with Crippen molar-refractivity contribution < 1.29 is 4.74 Å². The second-order valence-electron chi connectivity index (χ2n) is 3.94. The van der Waals surface area contributed by atoms with Gasteiger partial charge in [-0.25, -0.2) is 9.97 Å². The summed E-state index contributed by atoms with van der Waals surface area (Å²) in [6, 6.07) is 9.91. The normalized spacial score (nSPS) is 16.5. The second-order valence-corrected chi connectivity index (χ2v) is 3.94. The van der Waals surface area contributed by atoms with Gasteiger partial charge in [-0.1, -0.05) is 18.2 Å². The molecule has 2 aromatic rings. The lowest BCUT2D eigenvalue weighted by Crippen LogP contribution is -2.13. The molecule has 1 aromatic carbocycles. The van der Waals surface area contributed by atoms with Crippen molar-refractivity contribution in [1.82, 2.24) is 9.97 Å². The van der Waals surface area contributed by atoms with E-state index in [2.05, 4.69) is 15.3 Å². The number of ether oxygens (including phenoxy) is 1. The van der Waals surface area contributed by atoms with Gasteiger partial charge < -0.3 is 10.1 Å². The Bertz CT molecular complexity index is 603. The fraction of sp³-hybridized carbons (Fsp3) is 0.154. The molecule has 0 bridgehead atoms. The van der Waals surface area contributed by atoms with E-state index in [1.165, 1.54) is 6.20 Å². The van der Waals surface area contributed by atoms with E-state index in [4.69, 9.17) is 10.00 Å². The Labute approximate surface area is 104 Å². The van der Waals surface area contributed by atoms with Crippen molar-refractivity contribution in [3.05, 3.63) is 47.9 Å². The molecule has 0 amide bonds. The fourth-order valence-corrected chi connectivity index (χ4v) is 1.92. The number of fused-ring (bicyclic) bond motifs is 1. The maximum absolute atomic E-state index is 8.65. The Morgan fingerprint density at radius 2 is 2.17 bits per heavy atom. The standard InChI is InChI=1S/C13H10N4O/c14-5-9-6-16-13(7-15-9)17-11-8-18-12-4-2-1-3-10(11)12/h1-4,6-7,11H,8H2,(H,16,17). The third-order valence-corrected chi connectivity index (χ3v) is 2.79. The van der Waals surface area contributed by atoms with Crippen LogP contribution in [0.3, 0.4) is 0 Å². The molecule has 1 atom stereocenters. The molecule has 1 unspecified atom stereocenters. The zero-order chi connectivity index (χ0) is 12.4. The largest absolute Gasteiger partial charge is 0.491 e. The number of nitriles is 1. The third kappa shape index (κ3) is 1.84. The predicted octanol–water partition coefficient (Wildman–Crippen LogP) is 1.89. The average molecular weight is 238 g/mol. The number of hydrogen-bond acceptors (Lipinski definition) is 5. The maximum Gasteiger partial charge on any atom is 0.158 e. The number of benzene rings is 1. The minimum atomic E-state index is 0.0726. The quantitative estimate of drug-likeness (QED) is 0.865. The van der Waals surface area contributed by atoms with Crippen LogP contribution in [0.25, 0.3) is 0 Å². The summed E-state index contributed by atoms with van der Waals surface area (Å²) in [7, 11) is 0. The highest BCUT2D eigenvalue weighted by atomic mass is 16.5. The maximum atomic E-state index is 8.65. The summed E-state index contributed by atoms with van der Waals surface area (Å²) < 4.78 is 5.57. The lowest BCUT2D eigenvalue weighted by atomic mass is 10.1. The van der Waals surface area contributed by atoms with E-state index < -0.39 is 0 Å². The Morgan fingerprint density at radius 1 is 1.28 bits per heavy atom. The number of nitrogens with zero attached hydrogens (tertiary/aromatic N) is 3. The Morgan fingerprint density at radius 3 is 2.94 bits per heavy atom. The molecule has 3 rings (SSSR count). The number of aromatic nitrogens is 2. The van der Waals surface area contributed by atoms with Gasteiger partial charge in [-0.15, -0.1) is 0 Å². The van der Waals surface area contributed by atoms with Gasteiger partial charge in [-0.3, -0.25) is 0 Å². The lowest BCUT2D eigenvalue weighted by Gasteiger charge is -2.11. The predicted molar refractivity (Wildman–Crippen MR) is 65.0 cm³/mol. The average Bonchev–Trinajstić information content (AvgIpc) is 2.83. The molecule has 1 aliphatic heterocycles. The van der Waals surface area contributed by atoms with Crippen molar-refractivity contribution >= 4 is 5.82 Å². The van der Waals surface area contributed by atoms with Crippen LogP contribution in [0.4, 0.5) is 5.82 Å².